The molecule has 182 valence electrons. The van der Waals surface area contributed by atoms with Gasteiger partial charge in [-0.15, -0.1) is 5.10 Å². The van der Waals surface area contributed by atoms with Crippen LogP contribution in [0.15, 0.2) is 71.9 Å². The summed E-state index contributed by atoms with van der Waals surface area (Å²) in [6.45, 7) is 0. The fourth-order valence-corrected chi connectivity index (χ4v) is 3.65. The molecule has 0 fully saturated rings. The van der Waals surface area contributed by atoms with Gasteiger partial charge in [-0.05, 0) is 36.4 Å². The second-order valence-corrected chi connectivity index (χ2v) is 8.82. The first-order chi connectivity index (χ1) is 16.2. The summed E-state index contributed by atoms with van der Waals surface area (Å²) in [5.41, 5.74) is -2.06. The first-order valence-electron chi connectivity index (χ1n) is 9.54. The normalized spacial score (nSPS) is 12.7. The van der Waals surface area contributed by atoms with E-state index in [1.54, 1.807) is 0 Å². The average molecular weight is 513 g/mol. The highest BCUT2D eigenvalue weighted by atomic mass is 32.2. The minimum Gasteiger partial charge on any atom is -0.229 e. The van der Waals surface area contributed by atoms with Gasteiger partial charge in [-0.3, -0.25) is 0 Å². The van der Waals surface area contributed by atoms with Gasteiger partial charge in [0.15, 0.2) is 11.6 Å². The Kier molecular flexibility index (Phi) is 5.89. The van der Waals surface area contributed by atoms with Crippen LogP contribution < -0.4 is 5.14 Å². The van der Waals surface area contributed by atoms with Gasteiger partial charge >= 0.3 is 12.4 Å². The van der Waals surface area contributed by atoms with E-state index < -0.39 is 33.5 Å². The first kappa shape index (κ1) is 24.3. The molecule has 0 aliphatic heterocycles. The summed E-state index contributed by atoms with van der Waals surface area (Å²) >= 11 is 0. The van der Waals surface area contributed by atoms with Crippen molar-refractivity contribution in [3.8, 4) is 28.5 Å². The van der Waals surface area contributed by atoms with Gasteiger partial charge in [0, 0.05) is 11.1 Å². The van der Waals surface area contributed by atoms with Crippen LogP contribution >= 0.6 is 0 Å². The summed E-state index contributed by atoms with van der Waals surface area (Å²) < 4.78 is 103. The van der Waals surface area contributed by atoms with E-state index in [1.807, 2.05) is 0 Å². The molecule has 2 heterocycles. The van der Waals surface area contributed by atoms with Crippen LogP contribution in [-0.2, 0) is 22.4 Å². The minimum absolute atomic E-state index is 0.0199. The zero-order chi connectivity index (χ0) is 25.6. The largest absolute Gasteiger partial charge is 0.416 e. The van der Waals surface area contributed by atoms with E-state index in [0.29, 0.717) is 12.1 Å². The molecule has 2 aromatic heterocycles. The van der Waals surface area contributed by atoms with E-state index in [-0.39, 0.29) is 33.4 Å². The maximum atomic E-state index is 13.5. The number of hydrogen-bond acceptors (Lipinski definition) is 5. The van der Waals surface area contributed by atoms with E-state index in [9.17, 15) is 34.8 Å². The first-order valence-corrected chi connectivity index (χ1v) is 11.1. The third-order valence-corrected chi connectivity index (χ3v) is 5.71. The van der Waals surface area contributed by atoms with Crippen molar-refractivity contribution in [3.63, 3.8) is 0 Å². The molecular formula is C21H13F6N5O2S. The summed E-state index contributed by atoms with van der Waals surface area (Å²) in [5.74, 6) is -0.332. The quantitative estimate of drug-likeness (QED) is 0.399. The molecule has 0 aliphatic rings. The van der Waals surface area contributed by atoms with Gasteiger partial charge in [0.2, 0.25) is 10.0 Å². The zero-order valence-electron chi connectivity index (χ0n) is 17.2. The average Bonchev–Trinajstić information content (AvgIpc) is 3.28. The smallest absolute Gasteiger partial charge is 0.229 e. The van der Waals surface area contributed by atoms with Crippen molar-refractivity contribution in [2.45, 2.75) is 17.2 Å². The number of rotatable bonds is 4. The fraction of sp³-hybridized carbons (Fsp3) is 0.0952. The monoisotopic (exact) mass is 513 g/mol. The third-order valence-electron chi connectivity index (χ3n) is 4.79. The number of primary sulfonamides is 1. The number of nitrogens with two attached hydrogens (primary N) is 1. The van der Waals surface area contributed by atoms with Crippen molar-refractivity contribution in [1.29, 1.82) is 0 Å². The standard InChI is InChI=1S/C21H13F6N5O2S/c22-20(23,24)14-6-4-12(5-7-14)17-9-15(21(25,26)27)10-18(30-17)32-11-29-19(31-32)13-2-1-3-16(8-13)35(28,33)34/h1-11H,(H2,28,33,34). The molecule has 2 N–H and O–H groups in total. The number of alkyl halides is 6. The molecule has 4 aromatic rings. The molecule has 35 heavy (non-hydrogen) atoms. The lowest BCUT2D eigenvalue weighted by molar-refractivity contribution is -0.138. The number of benzene rings is 2. The molecule has 0 radical (unpaired) electrons. The molecular weight excluding hydrogens is 500 g/mol. The van der Waals surface area contributed by atoms with E-state index in [4.69, 9.17) is 5.14 Å². The minimum atomic E-state index is -4.79. The summed E-state index contributed by atoms with van der Waals surface area (Å²) in [4.78, 5) is 7.88. The molecule has 0 aliphatic carbocycles. The van der Waals surface area contributed by atoms with Crippen LogP contribution in [0.2, 0.25) is 0 Å². The Morgan fingerprint density at radius 1 is 0.800 bits per heavy atom. The van der Waals surface area contributed by atoms with Crippen LogP contribution in [0.4, 0.5) is 26.3 Å². The molecule has 0 bridgehead atoms. The summed E-state index contributed by atoms with van der Waals surface area (Å²) in [6, 6.07) is 10.2. The lowest BCUT2D eigenvalue weighted by atomic mass is 10.1. The van der Waals surface area contributed by atoms with Crippen LogP contribution in [0.3, 0.4) is 0 Å². The van der Waals surface area contributed by atoms with Crippen molar-refractivity contribution in [2.75, 3.05) is 0 Å². The third kappa shape index (κ3) is 5.33. The van der Waals surface area contributed by atoms with E-state index in [2.05, 4.69) is 15.1 Å². The fourth-order valence-electron chi connectivity index (χ4n) is 3.09. The van der Waals surface area contributed by atoms with Crippen LogP contribution in [0.1, 0.15) is 11.1 Å². The second kappa shape index (κ2) is 8.46. The molecule has 0 atom stereocenters. The molecule has 4 rings (SSSR count). The lowest BCUT2D eigenvalue weighted by Gasteiger charge is -2.12. The van der Waals surface area contributed by atoms with Gasteiger partial charge in [-0.1, -0.05) is 24.3 Å². The summed E-state index contributed by atoms with van der Waals surface area (Å²) in [7, 11) is -4.02. The molecule has 2 aromatic carbocycles. The highest BCUT2D eigenvalue weighted by Crippen LogP contribution is 2.34. The highest BCUT2D eigenvalue weighted by molar-refractivity contribution is 7.89. The number of aromatic nitrogens is 4. The zero-order valence-corrected chi connectivity index (χ0v) is 18.0. The maximum Gasteiger partial charge on any atom is 0.416 e. The van der Waals surface area contributed by atoms with Gasteiger partial charge in [0.1, 0.15) is 6.33 Å². The number of nitrogens with zero attached hydrogens (tertiary/aromatic N) is 4. The molecule has 0 amide bonds. The molecule has 0 saturated heterocycles. The number of sulfonamides is 1. The summed E-state index contributed by atoms with van der Waals surface area (Å²) in [5, 5.41) is 9.18. The van der Waals surface area contributed by atoms with Crippen molar-refractivity contribution < 1.29 is 34.8 Å². The predicted molar refractivity (Wildman–Crippen MR) is 111 cm³/mol. The molecule has 14 heteroatoms. The van der Waals surface area contributed by atoms with Crippen molar-refractivity contribution >= 4 is 10.0 Å². The van der Waals surface area contributed by atoms with Gasteiger partial charge in [0.25, 0.3) is 0 Å². The number of halogens is 6. The van der Waals surface area contributed by atoms with E-state index >= 15 is 0 Å². The second-order valence-electron chi connectivity index (χ2n) is 7.26. The van der Waals surface area contributed by atoms with Crippen molar-refractivity contribution in [3.05, 3.63) is 78.1 Å². The van der Waals surface area contributed by atoms with Crippen LogP contribution in [0.25, 0.3) is 28.5 Å². The number of pyridine rings is 1. The Morgan fingerprint density at radius 3 is 2.06 bits per heavy atom. The molecule has 0 saturated carbocycles. The van der Waals surface area contributed by atoms with Crippen LogP contribution in [0, 0.1) is 0 Å². The molecule has 0 unspecified atom stereocenters. The van der Waals surface area contributed by atoms with E-state index in [1.165, 1.54) is 24.3 Å². The Balaban J connectivity index is 1.78. The van der Waals surface area contributed by atoms with Gasteiger partial charge in [0.05, 0.1) is 21.7 Å². The SMILES string of the molecule is NS(=O)(=O)c1cccc(-c2ncn(-c3cc(C(F)(F)F)cc(-c4ccc(C(F)(F)F)cc4)n3)n2)c1. The van der Waals surface area contributed by atoms with Crippen molar-refractivity contribution in [1.82, 2.24) is 19.7 Å². The Hall–Kier alpha value is -3.78. The summed E-state index contributed by atoms with van der Waals surface area (Å²) in [6.07, 6.45) is -8.33. The van der Waals surface area contributed by atoms with Crippen LogP contribution in [-0.4, -0.2) is 28.2 Å². The van der Waals surface area contributed by atoms with Gasteiger partial charge in [-0.25, -0.2) is 28.2 Å². The molecule has 7 nitrogen and oxygen atoms in total. The predicted octanol–water partition coefficient (Wildman–Crippen LogP) is 4.68. The maximum absolute atomic E-state index is 13.5. The Bertz CT molecular complexity index is 1500. The molecule has 0 spiro atoms. The van der Waals surface area contributed by atoms with Gasteiger partial charge in [-0.2, -0.15) is 26.3 Å². The topological polar surface area (TPSA) is 104 Å². The Morgan fingerprint density at radius 2 is 1.46 bits per heavy atom. The van der Waals surface area contributed by atoms with Crippen molar-refractivity contribution in [2.24, 2.45) is 5.14 Å². The number of hydrogen-bond donors (Lipinski definition) is 1. The van der Waals surface area contributed by atoms with Gasteiger partial charge < -0.3 is 0 Å². The highest BCUT2D eigenvalue weighted by Gasteiger charge is 2.33. The lowest BCUT2D eigenvalue weighted by Crippen LogP contribution is -2.12. The Labute approximate surface area is 193 Å². The van der Waals surface area contributed by atoms with Crippen LogP contribution in [0.5, 0.6) is 0 Å². The van der Waals surface area contributed by atoms with E-state index in [0.717, 1.165) is 35.3 Å².